The van der Waals surface area contributed by atoms with Gasteiger partial charge in [0, 0.05) is 6.38 Å². The van der Waals surface area contributed by atoms with Gasteiger partial charge in [0.2, 0.25) is 0 Å². The van der Waals surface area contributed by atoms with Gasteiger partial charge in [-0.25, -0.2) is 0 Å². The zero-order valence-electron chi connectivity index (χ0n) is 7.40. The second-order valence-corrected chi connectivity index (χ2v) is 1.65. The molecule has 0 aliphatic rings. The van der Waals surface area contributed by atoms with Crippen LogP contribution in [0.15, 0.2) is 30.3 Å². The first-order valence-electron chi connectivity index (χ1n) is 2.79. The molecule has 0 aliphatic carbocycles. The van der Waals surface area contributed by atoms with E-state index >= 15 is 0 Å². The highest BCUT2D eigenvalue weighted by Gasteiger charge is 1.72. The van der Waals surface area contributed by atoms with Crippen molar-refractivity contribution >= 4 is 36.4 Å². The van der Waals surface area contributed by atoms with Gasteiger partial charge in [0.15, 0.2) is 0 Å². The Bertz CT molecular complexity index is 147. The van der Waals surface area contributed by atoms with Gasteiger partial charge in [-0.15, -0.1) is 36.4 Å². The lowest BCUT2D eigenvalue weighted by molar-refractivity contribution is 1.11. The first kappa shape index (κ1) is 29.3. The van der Waals surface area contributed by atoms with Gasteiger partial charge in [0.25, 0.3) is 0 Å². The van der Waals surface area contributed by atoms with Gasteiger partial charge in [0.1, 0.15) is 0 Å². The second-order valence-electron chi connectivity index (χ2n) is 1.65. The molecule has 1 rings (SSSR count). The Morgan fingerprint density at radius 1 is 0.846 bits per heavy atom. The van der Waals surface area contributed by atoms with E-state index < -0.39 is 0 Å². The maximum Gasteiger partial charge on any atom is 0.0108 e. The molecule has 0 saturated heterocycles. The van der Waals surface area contributed by atoms with E-state index in [9.17, 15) is 0 Å². The van der Waals surface area contributed by atoms with Crippen molar-refractivity contribution in [3.63, 3.8) is 0 Å². The predicted octanol–water partition coefficient (Wildman–Crippen LogP) is 4.00. The van der Waals surface area contributed by atoms with Crippen LogP contribution < -0.4 is 0 Å². The Hall–Kier alpha value is -0.0500. The van der Waals surface area contributed by atoms with Crippen molar-refractivity contribution in [3.8, 4) is 0 Å². The fourth-order valence-electron chi connectivity index (χ4n) is 0.534. The summed E-state index contributed by atoms with van der Waals surface area (Å²) in [5, 5.41) is 0. The third-order valence-electron chi connectivity index (χ3n) is 0.940. The summed E-state index contributed by atoms with van der Waals surface area (Å²) in [4.78, 5) is 0. The van der Waals surface area contributed by atoms with Crippen LogP contribution in [-0.4, -0.2) is 6.38 Å². The fourth-order valence-corrected chi connectivity index (χ4v) is 0.534. The van der Waals surface area contributed by atoms with Gasteiger partial charge < -0.3 is 0 Å². The summed E-state index contributed by atoms with van der Waals surface area (Å²) in [7, 11) is 0. The van der Waals surface area contributed by atoms with Gasteiger partial charge >= 0.3 is 0 Å². The zero-order valence-corrected chi connectivity index (χ0v) is 9.79. The lowest BCUT2D eigenvalue weighted by atomic mass is 10.2. The molecule has 13 heavy (non-hydrogen) atoms. The summed E-state index contributed by atoms with van der Waals surface area (Å²) in [6.45, 7) is 2.08. The van der Waals surface area contributed by atoms with Crippen molar-refractivity contribution in [1.29, 1.82) is 0 Å². The Labute approximate surface area is 95.2 Å². The highest BCUT2D eigenvalue weighted by atomic mass is 35.5. The van der Waals surface area contributed by atoms with E-state index in [0.29, 0.717) is 0 Å². The summed E-state index contributed by atoms with van der Waals surface area (Å²) in [5.41, 5.74) is 1.32. The Morgan fingerprint density at radius 2 is 1.15 bits per heavy atom. The van der Waals surface area contributed by atoms with Gasteiger partial charge in [0.05, 0.1) is 0 Å². The Morgan fingerprint density at radius 3 is 1.31 bits per heavy atom. The molecule has 0 nitrogen and oxygen atoms in total. The molecule has 1 aromatic rings. The van der Waals surface area contributed by atoms with Crippen LogP contribution in [0.4, 0.5) is 9.41 Å². The van der Waals surface area contributed by atoms with Crippen molar-refractivity contribution in [2.75, 3.05) is 6.38 Å². The largest absolute Gasteiger partial charge is 0.269 e. The maximum absolute atomic E-state index is 4.64. The SMILES string of the molecule is CCl.Cc1ccccc1.Cl.Cl.F.F. The van der Waals surface area contributed by atoms with Crippen molar-refractivity contribution in [2.45, 2.75) is 6.92 Å². The van der Waals surface area contributed by atoms with Crippen LogP contribution >= 0.6 is 36.4 Å². The molecule has 0 atom stereocenters. The second kappa shape index (κ2) is 22.7. The summed E-state index contributed by atoms with van der Waals surface area (Å²) in [5.74, 6) is 0. The minimum absolute atomic E-state index is 0. The third kappa shape index (κ3) is 18.7. The molecule has 0 radical (unpaired) electrons. The van der Waals surface area contributed by atoms with Crippen molar-refractivity contribution in [3.05, 3.63) is 35.9 Å². The molecule has 82 valence electrons. The van der Waals surface area contributed by atoms with Gasteiger partial charge in [-0.2, -0.15) is 0 Å². The third-order valence-corrected chi connectivity index (χ3v) is 0.940. The van der Waals surface area contributed by atoms with Gasteiger partial charge in [-0.05, 0) is 6.92 Å². The van der Waals surface area contributed by atoms with Gasteiger partial charge in [-0.1, -0.05) is 35.9 Å². The molecule has 1 aromatic carbocycles. The number of alkyl halides is 1. The fraction of sp³-hybridized carbons (Fsp3) is 0.250. The maximum atomic E-state index is 4.64. The van der Waals surface area contributed by atoms with E-state index in [1.54, 1.807) is 0 Å². The molecule has 0 bridgehead atoms. The average molecular weight is 256 g/mol. The predicted molar refractivity (Wildman–Crippen MR) is 62.5 cm³/mol. The molecule has 5 heteroatoms. The minimum atomic E-state index is 0. The molecule has 0 fully saturated rings. The monoisotopic (exact) mass is 254 g/mol. The first-order valence-corrected chi connectivity index (χ1v) is 3.54. The van der Waals surface area contributed by atoms with Crippen molar-refractivity contribution in [1.82, 2.24) is 0 Å². The summed E-state index contributed by atoms with van der Waals surface area (Å²) in [6, 6.07) is 10.3. The van der Waals surface area contributed by atoms with E-state index in [0.717, 1.165) is 0 Å². The molecule has 0 aromatic heterocycles. The number of hydrogen-bond acceptors (Lipinski definition) is 0. The first-order chi connectivity index (χ1) is 4.39. The molecular formula is C8H15Cl3F2. The molecule has 0 spiro atoms. The number of benzene rings is 1. The van der Waals surface area contributed by atoms with E-state index in [1.807, 2.05) is 18.2 Å². The van der Waals surface area contributed by atoms with E-state index in [-0.39, 0.29) is 34.2 Å². The smallest absolute Gasteiger partial charge is 0.0108 e. The quantitative estimate of drug-likeness (QED) is 0.615. The Balaban J connectivity index is -0.0000000335. The molecule has 0 N–H and O–H groups in total. The number of rotatable bonds is 0. The highest BCUT2D eigenvalue weighted by molar-refractivity contribution is 6.15. The van der Waals surface area contributed by atoms with Gasteiger partial charge in [-0.3, -0.25) is 9.41 Å². The van der Waals surface area contributed by atoms with Crippen LogP contribution in [0.3, 0.4) is 0 Å². The lowest BCUT2D eigenvalue weighted by Gasteiger charge is -1.82. The van der Waals surface area contributed by atoms with Crippen LogP contribution in [0.5, 0.6) is 0 Å². The van der Waals surface area contributed by atoms with Crippen LogP contribution in [0.1, 0.15) is 5.56 Å². The minimum Gasteiger partial charge on any atom is -0.269 e. The average Bonchev–Trinajstić information content (AvgIpc) is 1.94. The van der Waals surface area contributed by atoms with E-state index in [4.69, 9.17) is 0 Å². The van der Waals surface area contributed by atoms with Crippen LogP contribution in [0.2, 0.25) is 0 Å². The van der Waals surface area contributed by atoms with Crippen LogP contribution in [-0.2, 0) is 0 Å². The summed E-state index contributed by atoms with van der Waals surface area (Å²) < 4.78 is 0. The molecule has 0 saturated carbocycles. The normalized spacial score (nSPS) is 5.15. The molecule has 0 unspecified atom stereocenters. The topological polar surface area (TPSA) is 0 Å². The molecule has 0 aliphatic heterocycles. The molecular weight excluding hydrogens is 240 g/mol. The summed E-state index contributed by atoms with van der Waals surface area (Å²) in [6.07, 6.45) is 1.47. The van der Waals surface area contributed by atoms with Crippen LogP contribution in [0, 0.1) is 6.92 Å². The van der Waals surface area contributed by atoms with E-state index in [2.05, 4.69) is 30.7 Å². The van der Waals surface area contributed by atoms with Crippen LogP contribution in [0.25, 0.3) is 0 Å². The van der Waals surface area contributed by atoms with Crippen molar-refractivity contribution in [2.24, 2.45) is 0 Å². The number of hydrogen-bond donors (Lipinski definition) is 0. The lowest BCUT2D eigenvalue weighted by Crippen LogP contribution is -1.62. The number of aryl methyl sites for hydroxylation is 1. The summed E-state index contributed by atoms with van der Waals surface area (Å²) >= 11 is 4.64. The molecule has 0 amide bonds. The Kier molecular flexibility index (Phi) is 51.0. The standard InChI is InChI=1S/C7H8.CH3Cl.2ClH.2FH/c1-7-5-3-2-4-6-7;1-2;;;;/h2-6H,1H3;1H3;4*1H. The molecule has 0 heterocycles. The highest BCUT2D eigenvalue weighted by Crippen LogP contribution is 1.92. The van der Waals surface area contributed by atoms with Crippen molar-refractivity contribution < 1.29 is 9.41 Å². The zero-order chi connectivity index (χ0) is 7.11. The number of halogens is 5. The van der Waals surface area contributed by atoms with E-state index in [1.165, 1.54) is 11.9 Å².